The van der Waals surface area contributed by atoms with Crippen molar-refractivity contribution in [2.45, 2.75) is 13.5 Å². The Hall–Kier alpha value is -3.26. The van der Waals surface area contributed by atoms with Gasteiger partial charge in [0.2, 0.25) is 0 Å². The highest BCUT2D eigenvalue weighted by molar-refractivity contribution is 9.10. The lowest BCUT2D eigenvalue weighted by molar-refractivity contribution is 0.282. The van der Waals surface area contributed by atoms with Gasteiger partial charge in [-0.05, 0) is 78.7 Å². The molecule has 0 unspecified atom stereocenters. The van der Waals surface area contributed by atoms with E-state index in [2.05, 4.69) is 83.7 Å². The van der Waals surface area contributed by atoms with Gasteiger partial charge in [-0.25, -0.2) is 9.97 Å². The van der Waals surface area contributed by atoms with Gasteiger partial charge in [0.25, 0.3) is 0 Å². The topological polar surface area (TPSA) is 55.9 Å². The Morgan fingerprint density at radius 1 is 0.686 bits per heavy atom. The van der Waals surface area contributed by atoms with Gasteiger partial charge in [-0.1, -0.05) is 56.1 Å². The predicted octanol–water partition coefficient (Wildman–Crippen LogP) is 7.38. The summed E-state index contributed by atoms with van der Waals surface area (Å²) in [6, 6.07) is 28.4. The second-order valence-electron chi connectivity index (χ2n) is 8.16. The minimum atomic E-state index is 0.0414. The molecule has 0 atom stereocenters. The summed E-state index contributed by atoms with van der Waals surface area (Å²) in [5.41, 5.74) is 8.37. The molecule has 0 radical (unpaired) electrons. The van der Waals surface area contributed by atoms with E-state index in [9.17, 15) is 0 Å². The van der Waals surface area contributed by atoms with E-state index in [0.717, 1.165) is 48.0 Å². The number of nitrogens with zero attached hydrogens (tertiary/aromatic N) is 4. The Kier molecular flexibility index (Phi) is 6.81. The molecule has 4 aromatic carbocycles. The van der Waals surface area contributed by atoms with Gasteiger partial charge in [0.15, 0.2) is 0 Å². The molecule has 2 heterocycles. The first kappa shape index (κ1) is 23.5. The fourth-order valence-electron chi connectivity index (χ4n) is 3.94. The van der Waals surface area contributed by atoms with E-state index < -0.39 is 0 Å². The first-order valence-electron chi connectivity index (χ1n) is 11.0. The van der Waals surface area contributed by atoms with Crippen LogP contribution in [-0.4, -0.2) is 24.2 Å². The van der Waals surface area contributed by atoms with Crippen molar-refractivity contribution in [3.63, 3.8) is 0 Å². The highest BCUT2D eigenvalue weighted by Crippen LogP contribution is 2.23. The highest BCUT2D eigenvalue weighted by Gasteiger charge is 2.06. The number of aliphatic hydroxyl groups excluding tert-OH is 1. The molecule has 0 aliphatic rings. The van der Waals surface area contributed by atoms with Crippen LogP contribution in [0.15, 0.2) is 107 Å². The fraction of sp³-hybridized carbons (Fsp3) is 0.0714. The number of halogens is 2. The van der Waals surface area contributed by atoms with Crippen LogP contribution >= 0.6 is 31.9 Å². The quantitative estimate of drug-likeness (QED) is 0.234. The van der Waals surface area contributed by atoms with Gasteiger partial charge in [0.1, 0.15) is 12.7 Å². The lowest BCUT2D eigenvalue weighted by atomic mass is 10.2. The van der Waals surface area contributed by atoms with E-state index in [1.807, 2.05) is 65.5 Å². The number of imidazole rings is 2. The van der Waals surface area contributed by atoms with Crippen LogP contribution < -0.4 is 0 Å². The summed E-state index contributed by atoms with van der Waals surface area (Å²) in [6.07, 6.45) is 3.67. The number of aliphatic hydroxyl groups is 1. The second-order valence-corrected chi connectivity index (χ2v) is 9.99. The summed E-state index contributed by atoms with van der Waals surface area (Å²) in [7, 11) is 0. The summed E-state index contributed by atoms with van der Waals surface area (Å²) in [5, 5.41) is 9.12. The molecule has 0 amide bonds. The van der Waals surface area contributed by atoms with E-state index in [0.29, 0.717) is 0 Å². The zero-order valence-corrected chi connectivity index (χ0v) is 22.1. The first-order valence-corrected chi connectivity index (χ1v) is 12.6. The van der Waals surface area contributed by atoms with Crippen LogP contribution in [0.25, 0.3) is 33.4 Å². The summed E-state index contributed by atoms with van der Waals surface area (Å²) >= 11 is 6.96. The van der Waals surface area contributed by atoms with Crippen LogP contribution in [0.1, 0.15) is 11.1 Å². The lowest BCUT2D eigenvalue weighted by Crippen LogP contribution is -1.91. The molecule has 7 heteroatoms. The van der Waals surface area contributed by atoms with Gasteiger partial charge < -0.3 is 5.11 Å². The summed E-state index contributed by atoms with van der Waals surface area (Å²) in [5.74, 6) is 0. The average molecular weight is 590 g/mol. The number of hydrogen-bond acceptors (Lipinski definition) is 3. The number of fused-ring (bicyclic) bond motifs is 2. The monoisotopic (exact) mass is 588 g/mol. The summed E-state index contributed by atoms with van der Waals surface area (Å²) in [6.45, 7) is 2.12. The highest BCUT2D eigenvalue weighted by atomic mass is 79.9. The Bertz CT molecular complexity index is 1640. The SMILES string of the molecule is Cc1ccc2c(c1)ncn2-c1cccc(Br)c1.OCc1ccc2c(c1)ncn2-c1cccc(Br)c1. The van der Waals surface area contributed by atoms with Crippen molar-refractivity contribution < 1.29 is 5.11 Å². The average Bonchev–Trinajstić information content (AvgIpc) is 3.48. The Morgan fingerprint density at radius 2 is 1.23 bits per heavy atom. The maximum absolute atomic E-state index is 9.12. The minimum Gasteiger partial charge on any atom is -0.392 e. The number of hydrogen-bond donors (Lipinski definition) is 1. The molecule has 5 nitrogen and oxygen atoms in total. The van der Waals surface area contributed by atoms with Crippen molar-refractivity contribution in [3.05, 3.63) is 118 Å². The van der Waals surface area contributed by atoms with E-state index >= 15 is 0 Å². The number of rotatable bonds is 3. The number of benzene rings is 4. The molecule has 6 aromatic rings. The molecule has 2 aromatic heterocycles. The normalized spacial score (nSPS) is 11.0. The molecule has 0 spiro atoms. The molecule has 35 heavy (non-hydrogen) atoms. The predicted molar refractivity (Wildman–Crippen MR) is 148 cm³/mol. The summed E-state index contributed by atoms with van der Waals surface area (Å²) in [4.78, 5) is 8.80. The molecule has 0 aliphatic carbocycles. The van der Waals surface area contributed by atoms with Crippen LogP contribution in [0.2, 0.25) is 0 Å². The van der Waals surface area contributed by atoms with Crippen molar-refractivity contribution in [2.75, 3.05) is 0 Å². The maximum Gasteiger partial charge on any atom is 0.100 e. The zero-order chi connectivity index (χ0) is 24.4. The van der Waals surface area contributed by atoms with Gasteiger partial charge in [0.05, 0.1) is 28.7 Å². The molecule has 1 N–H and O–H groups in total. The van der Waals surface area contributed by atoms with Crippen molar-refractivity contribution in [1.82, 2.24) is 19.1 Å². The molecule has 174 valence electrons. The molecule has 0 fully saturated rings. The number of aryl methyl sites for hydroxylation is 1. The molecule has 0 aliphatic heterocycles. The Balaban J connectivity index is 0.000000145. The molecule has 0 bridgehead atoms. The van der Waals surface area contributed by atoms with E-state index in [-0.39, 0.29) is 6.61 Å². The Morgan fingerprint density at radius 3 is 1.77 bits per heavy atom. The third-order valence-electron chi connectivity index (χ3n) is 5.67. The van der Waals surface area contributed by atoms with Crippen molar-refractivity contribution in [2.24, 2.45) is 0 Å². The maximum atomic E-state index is 9.12. The van der Waals surface area contributed by atoms with Crippen molar-refractivity contribution >= 4 is 53.9 Å². The zero-order valence-electron chi connectivity index (χ0n) is 18.9. The van der Waals surface area contributed by atoms with Gasteiger partial charge in [-0.2, -0.15) is 0 Å². The smallest absolute Gasteiger partial charge is 0.100 e. The minimum absolute atomic E-state index is 0.0414. The van der Waals surface area contributed by atoms with Crippen LogP contribution in [0.3, 0.4) is 0 Å². The first-order chi connectivity index (χ1) is 17.0. The van der Waals surface area contributed by atoms with E-state index in [4.69, 9.17) is 5.11 Å². The third kappa shape index (κ3) is 5.07. The van der Waals surface area contributed by atoms with Crippen molar-refractivity contribution in [1.29, 1.82) is 0 Å². The Labute approximate surface area is 220 Å². The second kappa shape index (κ2) is 10.2. The lowest BCUT2D eigenvalue weighted by Gasteiger charge is -2.05. The summed E-state index contributed by atoms with van der Waals surface area (Å²) < 4.78 is 6.23. The van der Waals surface area contributed by atoms with Crippen molar-refractivity contribution in [3.8, 4) is 11.4 Å². The van der Waals surface area contributed by atoms with E-state index in [1.165, 1.54) is 5.56 Å². The van der Waals surface area contributed by atoms with Gasteiger partial charge >= 0.3 is 0 Å². The van der Waals surface area contributed by atoms with Gasteiger partial charge in [0, 0.05) is 20.3 Å². The van der Waals surface area contributed by atoms with E-state index in [1.54, 1.807) is 6.33 Å². The standard InChI is InChI=1S/C14H11BrN2O.C14H11BrN2/c15-11-2-1-3-12(7-11)17-9-16-13-6-10(8-18)4-5-14(13)17;1-10-5-6-14-13(7-10)16-9-17(14)12-4-2-3-11(15)8-12/h1-7,9,18H,8H2;2-9H,1H3. The third-order valence-corrected chi connectivity index (χ3v) is 6.66. The van der Waals surface area contributed by atoms with Crippen LogP contribution in [0.5, 0.6) is 0 Å². The largest absolute Gasteiger partial charge is 0.392 e. The molecular formula is C28H22Br2N4O. The molecule has 0 saturated carbocycles. The van der Waals surface area contributed by atoms with Crippen LogP contribution in [0, 0.1) is 6.92 Å². The fourth-order valence-corrected chi connectivity index (χ4v) is 4.72. The van der Waals surface area contributed by atoms with Gasteiger partial charge in [-0.15, -0.1) is 0 Å². The molecule has 0 saturated heterocycles. The molecule has 6 rings (SSSR count). The molecular weight excluding hydrogens is 568 g/mol. The van der Waals surface area contributed by atoms with Gasteiger partial charge in [-0.3, -0.25) is 9.13 Å². The van der Waals surface area contributed by atoms with Crippen LogP contribution in [-0.2, 0) is 6.61 Å². The number of aromatic nitrogens is 4. The van der Waals surface area contributed by atoms with Crippen LogP contribution in [0.4, 0.5) is 0 Å².